The molecule has 1 aliphatic heterocycles. The highest BCUT2D eigenvalue weighted by Gasteiger charge is 2.48. The standard InChI is InChI=1S/C14H12ClNO3/c15-8-4-5-11-12(6-8)14(19)16(13(11)18)9-2-1-3-10(17)7-9/h1-4,7,11-12,17H,5-6H2/t11-,12+/m0/s1. The number of nitrogens with zero attached hydrogens (tertiary/aromatic N) is 1. The Kier molecular flexibility index (Phi) is 2.82. The number of allylic oxidation sites excluding steroid dienone is 2. The van der Waals surface area contributed by atoms with E-state index in [2.05, 4.69) is 0 Å². The number of phenols is 1. The van der Waals surface area contributed by atoms with Gasteiger partial charge in [-0.15, -0.1) is 0 Å². The minimum Gasteiger partial charge on any atom is -0.508 e. The van der Waals surface area contributed by atoms with Crippen LogP contribution in [0.3, 0.4) is 0 Å². The highest BCUT2D eigenvalue weighted by atomic mass is 35.5. The molecule has 1 fully saturated rings. The molecule has 1 saturated heterocycles. The molecular formula is C14H12ClNO3. The third kappa shape index (κ3) is 1.92. The smallest absolute Gasteiger partial charge is 0.238 e. The van der Waals surface area contributed by atoms with Crippen LogP contribution in [0.1, 0.15) is 12.8 Å². The first-order chi connectivity index (χ1) is 9.08. The van der Waals surface area contributed by atoms with Gasteiger partial charge in [0, 0.05) is 11.1 Å². The number of amides is 2. The predicted octanol–water partition coefficient (Wildman–Crippen LogP) is 2.41. The van der Waals surface area contributed by atoms with E-state index in [1.165, 1.54) is 17.0 Å². The Bertz CT molecular complexity index is 596. The number of anilines is 1. The minimum absolute atomic E-state index is 0.0316. The lowest BCUT2D eigenvalue weighted by Gasteiger charge is -2.17. The lowest BCUT2D eigenvalue weighted by molar-refractivity contribution is -0.122. The van der Waals surface area contributed by atoms with E-state index in [0.29, 0.717) is 23.6 Å². The molecule has 98 valence electrons. The van der Waals surface area contributed by atoms with Crippen LogP contribution < -0.4 is 4.90 Å². The molecule has 1 N–H and O–H groups in total. The molecule has 0 aromatic heterocycles. The Morgan fingerprint density at radius 1 is 1.21 bits per heavy atom. The zero-order valence-corrected chi connectivity index (χ0v) is 10.8. The summed E-state index contributed by atoms with van der Waals surface area (Å²) in [4.78, 5) is 25.8. The molecule has 2 atom stereocenters. The summed E-state index contributed by atoms with van der Waals surface area (Å²) in [6, 6.07) is 6.17. The summed E-state index contributed by atoms with van der Waals surface area (Å²) in [7, 11) is 0. The summed E-state index contributed by atoms with van der Waals surface area (Å²) < 4.78 is 0. The van der Waals surface area contributed by atoms with Gasteiger partial charge in [0.15, 0.2) is 0 Å². The summed E-state index contributed by atoms with van der Waals surface area (Å²) in [6.07, 6.45) is 2.73. The second kappa shape index (κ2) is 4.38. The van der Waals surface area contributed by atoms with Crippen molar-refractivity contribution >= 4 is 29.1 Å². The fourth-order valence-corrected chi connectivity index (χ4v) is 2.97. The first-order valence-corrected chi connectivity index (χ1v) is 6.47. The number of halogens is 1. The van der Waals surface area contributed by atoms with E-state index < -0.39 is 0 Å². The van der Waals surface area contributed by atoms with Crippen LogP contribution in [-0.4, -0.2) is 16.9 Å². The van der Waals surface area contributed by atoms with Crippen LogP contribution in [0.25, 0.3) is 0 Å². The number of imide groups is 1. The number of carbonyl (C=O) groups is 2. The molecule has 1 heterocycles. The Labute approximate surface area is 115 Å². The fourth-order valence-electron chi connectivity index (χ4n) is 2.71. The zero-order valence-electron chi connectivity index (χ0n) is 10.0. The van der Waals surface area contributed by atoms with Gasteiger partial charge in [-0.2, -0.15) is 0 Å². The molecule has 3 rings (SSSR count). The topological polar surface area (TPSA) is 57.6 Å². The fraction of sp³-hybridized carbons (Fsp3) is 0.286. The third-order valence-electron chi connectivity index (χ3n) is 3.66. The maximum absolute atomic E-state index is 12.3. The van der Waals surface area contributed by atoms with Crippen molar-refractivity contribution in [1.29, 1.82) is 0 Å². The first kappa shape index (κ1) is 12.2. The van der Waals surface area contributed by atoms with Crippen LogP contribution >= 0.6 is 11.6 Å². The van der Waals surface area contributed by atoms with Gasteiger partial charge in [-0.3, -0.25) is 9.59 Å². The van der Waals surface area contributed by atoms with Crippen LogP contribution in [0.2, 0.25) is 0 Å². The second-order valence-electron chi connectivity index (χ2n) is 4.84. The lowest BCUT2D eigenvalue weighted by atomic mass is 9.85. The van der Waals surface area contributed by atoms with Crippen LogP contribution in [0.5, 0.6) is 5.75 Å². The molecule has 2 amide bonds. The number of benzene rings is 1. The monoisotopic (exact) mass is 277 g/mol. The number of carbonyl (C=O) groups excluding carboxylic acids is 2. The molecule has 0 saturated carbocycles. The SMILES string of the molecule is O=C1[C@H]2CC=C(Cl)C[C@H]2C(=O)N1c1cccc(O)c1. The molecule has 0 bridgehead atoms. The van der Waals surface area contributed by atoms with E-state index in [-0.39, 0.29) is 29.4 Å². The Balaban J connectivity index is 1.97. The second-order valence-corrected chi connectivity index (χ2v) is 5.32. The summed E-state index contributed by atoms with van der Waals surface area (Å²) in [5.74, 6) is -1.10. The van der Waals surface area contributed by atoms with Crippen molar-refractivity contribution in [3.8, 4) is 5.75 Å². The molecule has 19 heavy (non-hydrogen) atoms. The number of aromatic hydroxyl groups is 1. The summed E-state index contributed by atoms with van der Waals surface area (Å²) in [5.41, 5.74) is 0.417. The maximum Gasteiger partial charge on any atom is 0.238 e. The molecule has 2 aliphatic rings. The lowest BCUT2D eigenvalue weighted by Crippen LogP contribution is -2.30. The number of fused-ring (bicyclic) bond motifs is 1. The molecule has 0 radical (unpaired) electrons. The van der Waals surface area contributed by atoms with Crippen LogP contribution in [0.4, 0.5) is 5.69 Å². The Morgan fingerprint density at radius 3 is 2.68 bits per heavy atom. The van der Waals surface area contributed by atoms with Crippen LogP contribution in [-0.2, 0) is 9.59 Å². The molecule has 0 unspecified atom stereocenters. The number of hydrogen-bond acceptors (Lipinski definition) is 3. The van der Waals surface area contributed by atoms with E-state index in [0.717, 1.165) is 0 Å². The molecule has 1 aromatic carbocycles. The number of hydrogen-bond donors (Lipinski definition) is 1. The summed E-state index contributed by atoms with van der Waals surface area (Å²) in [6.45, 7) is 0. The van der Waals surface area contributed by atoms with Crippen molar-refractivity contribution in [1.82, 2.24) is 0 Å². The minimum atomic E-state index is -0.368. The van der Waals surface area contributed by atoms with Crippen molar-refractivity contribution in [2.45, 2.75) is 12.8 Å². The largest absolute Gasteiger partial charge is 0.508 e. The zero-order chi connectivity index (χ0) is 13.6. The maximum atomic E-state index is 12.3. The molecule has 0 spiro atoms. The van der Waals surface area contributed by atoms with Gasteiger partial charge in [-0.25, -0.2) is 4.90 Å². The first-order valence-electron chi connectivity index (χ1n) is 6.09. The molecule has 5 heteroatoms. The normalized spacial score (nSPS) is 26.4. The predicted molar refractivity (Wildman–Crippen MR) is 70.7 cm³/mol. The van der Waals surface area contributed by atoms with Gasteiger partial charge in [0.1, 0.15) is 5.75 Å². The van der Waals surface area contributed by atoms with Crippen LogP contribution in [0, 0.1) is 11.8 Å². The van der Waals surface area contributed by atoms with E-state index >= 15 is 0 Å². The van der Waals surface area contributed by atoms with E-state index in [1.54, 1.807) is 18.2 Å². The van der Waals surface area contributed by atoms with Crippen molar-refractivity contribution in [2.75, 3.05) is 4.90 Å². The molecule has 1 aromatic rings. The Hall–Kier alpha value is -1.81. The van der Waals surface area contributed by atoms with Gasteiger partial charge >= 0.3 is 0 Å². The average Bonchev–Trinajstić information content (AvgIpc) is 2.61. The van der Waals surface area contributed by atoms with Crippen molar-refractivity contribution in [3.63, 3.8) is 0 Å². The molecule has 4 nitrogen and oxygen atoms in total. The highest BCUT2D eigenvalue weighted by molar-refractivity contribution is 6.30. The van der Waals surface area contributed by atoms with Gasteiger partial charge in [-0.1, -0.05) is 23.7 Å². The summed E-state index contributed by atoms with van der Waals surface area (Å²) >= 11 is 5.95. The van der Waals surface area contributed by atoms with Crippen molar-refractivity contribution < 1.29 is 14.7 Å². The average molecular weight is 278 g/mol. The van der Waals surface area contributed by atoms with Gasteiger partial charge in [0.05, 0.1) is 17.5 Å². The van der Waals surface area contributed by atoms with Gasteiger partial charge in [-0.05, 0) is 25.0 Å². The number of rotatable bonds is 1. The number of phenolic OH excluding ortho intramolecular Hbond substituents is 1. The van der Waals surface area contributed by atoms with E-state index in [1.807, 2.05) is 0 Å². The quantitative estimate of drug-likeness (QED) is 0.802. The van der Waals surface area contributed by atoms with Gasteiger partial charge in [0.2, 0.25) is 11.8 Å². The summed E-state index contributed by atoms with van der Waals surface area (Å²) in [5, 5.41) is 10.1. The van der Waals surface area contributed by atoms with Crippen LogP contribution in [0.15, 0.2) is 35.4 Å². The third-order valence-corrected chi connectivity index (χ3v) is 3.97. The Morgan fingerprint density at radius 2 is 1.95 bits per heavy atom. The van der Waals surface area contributed by atoms with Crippen molar-refractivity contribution in [3.05, 3.63) is 35.4 Å². The molecule has 1 aliphatic carbocycles. The highest BCUT2D eigenvalue weighted by Crippen LogP contribution is 2.41. The van der Waals surface area contributed by atoms with E-state index in [9.17, 15) is 14.7 Å². The molecular weight excluding hydrogens is 266 g/mol. The van der Waals surface area contributed by atoms with Gasteiger partial charge < -0.3 is 5.11 Å². The van der Waals surface area contributed by atoms with Gasteiger partial charge in [0.25, 0.3) is 0 Å². The van der Waals surface area contributed by atoms with Crippen molar-refractivity contribution in [2.24, 2.45) is 11.8 Å². The van der Waals surface area contributed by atoms with E-state index in [4.69, 9.17) is 11.6 Å².